The maximum Gasteiger partial charge on any atom is 0.338 e. The Morgan fingerprint density at radius 1 is 0.947 bits per heavy atom. The molecule has 0 saturated carbocycles. The van der Waals surface area contributed by atoms with E-state index >= 15 is 0 Å². The first-order valence-electron chi connectivity index (χ1n) is 12.8. The van der Waals surface area contributed by atoms with Gasteiger partial charge in [-0.05, 0) is 42.0 Å². The van der Waals surface area contributed by atoms with Gasteiger partial charge in [-0.15, -0.1) is 0 Å². The fourth-order valence-electron chi connectivity index (χ4n) is 3.82. The van der Waals surface area contributed by atoms with Gasteiger partial charge in [-0.3, -0.25) is 4.79 Å². The molecule has 0 spiro atoms. The van der Waals surface area contributed by atoms with Crippen molar-refractivity contribution in [2.24, 2.45) is 11.1 Å². The third kappa shape index (κ3) is 8.00. The Hall–Kier alpha value is -3.49. The molecule has 204 valence electrons. The topological polar surface area (TPSA) is 118 Å². The number of ether oxygens (including phenoxy) is 3. The Kier molecular flexibility index (Phi) is 9.83. The van der Waals surface area contributed by atoms with Gasteiger partial charge in [0.05, 0.1) is 25.2 Å². The smallest absolute Gasteiger partial charge is 0.338 e. The molecule has 0 saturated heterocycles. The van der Waals surface area contributed by atoms with Crippen LogP contribution in [0.15, 0.2) is 63.8 Å². The highest BCUT2D eigenvalue weighted by atomic mass is 16.6. The zero-order valence-corrected chi connectivity index (χ0v) is 22.6. The Bertz CT molecular complexity index is 1290. The van der Waals surface area contributed by atoms with Crippen LogP contribution in [0.5, 0.6) is 0 Å². The van der Waals surface area contributed by atoms with E-state index in [1.165, 1.54) is 6.07 Å². The van der Waals surface area contributed by atoms with Crippen LogP contribution in [0.2, 0.25) is 0 Å². The summed E-state index contributed by atoms with van der Waals surface area (Å²) < 4.78 is 22.1. The zero-order chi connectivity index (χ0) is 27.8. The van der Waals surface area contributed by atoms with Crippen LogP contribution in [-0.2, 0) is 43.2 Å². The Morgan fingerprint density at radius 2 is 1.66 bits per heavy atom. The van der Waals surface area contributed by atoms with Crippen LogP contribution in [0, 0.1) is 5.41 Å². The summed E-state index contributed by atoms with van der Waals surface area (Å²) in [7, 11) is 0. The number of aryl methyl sites for hydroxylation is 1. The summed E-state index contributed by atoms with van der Waals surface area (Å²) in [6.45, 7) is 8.55. The van der Waals surface area contributed by atoms with Gasteiger partial charge in [-0.1, -0.05) is 57.2 Å². The molecule has 8 nitrogen and oxygen atoms in total. The van der Waals surface area contributed by atoms with Gasteiger partial charge in [0, 0.05) is 25.5 Å². The minimum atomic E-state index is -2.05. The molecule has 3 aromatic rings. The monoisotopic (exact) mass is 523 g/mol. The molecule has 1 aromatic heterocycles. The Balaban J connectivity index is 1.70. The van der Waals surface area contributed by atoms with Crippen molar-refractivity contribution in [2.75, 3.05) is 19.8 Å². The van der Waals surface area contributed by atoms with Crippen LogP contribution in [-0.4, -0.2) is 37.3 Å². The number of carbonyl (C=O) groups is 2. The van der Waals surface area contributed by atoms with Crippen LogP contribution in [0.25, 0.3) is 11.0 Å². The van der Waals surface area contributed by atoms with Crippen molar-refractivity contribution in [1.29, 1.82) is 0 Å². The molecule has 0 aliphatic carbocycles. The second kappa shape index (κ2) is 12.8. The van der Waals surface area contributed by atoms with Gasteiger partial charge in [0.25, 0.3) is 0 Å². The SMILES string of the molecule is CCOC(=O)[C@@](N)(Cc1ccc2oc(CCCOCc3ccccc3)cc(=O)c2c1)C(=O)OCC(C)(C)C. The standard InChI is InChI=1S/C30H37NO7/c1-5-36-27(33)30(31,28(34)37-20-29(2,3)4)18-22-13-14-26-24(16-22)25(32)17-23(38-26)12-9-15-35-19-21-10-7-6-8-11-21/h6-8,10-11,13-14,16-17H,5,9,12,15,18-20,31H2,1-4H3/t30-/m0/s1. The first-order valence-corrected chi connectivity index (χ1v) is 12.8. The molecule has 0 bridgehead atoms. The lowest BCUT2D eigenvalue weighted by molar-refractivity contribution is -0.165. The Labute approximate surface area is 223 Å². The molecule has 8 heteroatoms. The molecule has 1 atom stereocenters. The van der Waals surface area contributed by atoms with Crippen LogP contribution in [0.3, 0.4) is 0 Å². The number of fused-ring (bicyclic) bond motifs is 1. The Morgan fingerprint density at radius 3 is 2.34 bits per heavy atom. The van der Waals surface area contributed by atoms with Crippen molar-refractivity contribution < 1.29 is 28.2 Å². The highest BCUT2D eigenvalue weighted by Crippen LogP contribution is 2.22. The third-order valence-electron chi connectivity index (χ3n) is 5.79. The van der Waals surface area contributed by atoms with E-state index in [0.29, 0.717) is 48.3 Å². The summed E-state index contributed by atoms with van der Waals surface area (Å²) in [5.74, 6) is -1.19. The molecule has 2 N–H and O–H groups in total. The average molecular weight is 524 g/mol. The normalized spacial score (nSPS) is 13.2. The van der Waals surface area contributed by atoms with Crippen LogP contribution in [0.1, 0.15) is 51.0 Å². The molecule has 3 rings (SSSR count). The van der Waals surface area contributed by atoms with Crippen molar-refractivity contribution in [3.8, 4) is 0 Å². The number of hydrogen-bond acceptors (Lipinski definition) is 8. The van der Waals surface area contributed by atoms with Gasteiger partial charge in [0.15, 0.2) is 5.43 Å². The molecule has 1 heterocycles. The van der Waals surface area contributed by atoms with Crippen LogP contribution < -0.4 is 11.2 Å². The number of rotatable bonds is 12. The summed E-state index contributed by atoms with van der Waals surface area (Å²) in [4.78, 5) is 38.5. The minimum Gasteiger partial charge on any atom is -0.464 e. The molecule has 0 aliphatic heterocycles. The van der Waals surface area contributed by atoms with Crippen LogP contribution >= 0.6 is 0 Å². The van der Waals surface area contributed by atoms with Gasteiger partial charge in [0.1, 0.15) is 11.3 Å². The number of hydrogen-bond donors (Lipinski definition) is 1. The molecule has 2 aromatic carbocycles. The predicted molar refractivity (Wildman–Crippen MR) is 145 cm³/mol. The second-order valence-electron chi connectivity index (χ2n) is 10.6. The lowest BCUT2D eigenvalue weighted by atomic mass is 9.91. The fraction of sp³-hybridized carbons (Fsp3) is 0.433. The quantitative estimate of drug-likeness (QED) is 0.212. The molecular formula is C30H37NO7. The number of esters is 2. The molecule has 38 heavy (non-hydrogen) atoms. The van der Waals surface area contributed by atoms with E-state index in [1.54, 1.807) is 25.1 Å². The van der Waals surface area contributed by atoms with Crippen molar-refractivity contribution in [3.63, 3.8) is 0 Å². The summed E-state index contributed by atoms with van der Waals surface area (Å²) in [5, 5.41) is 0.334. The van der Waals surface area contributed by atoms with E-state index in [4.69, 9.17) is 24.4 Å². The predicted octanol–water partition coefficient (Wildman–Crippen LogP) is 4.33. The number of benzene rings is 2. The van der Waals surface area contributed by atoms with Crippen LogP contribution in [0.4, 0.5) is 0 Å². The average Bonchev–Trinajstić information content (AvgIpc) is 2.87. The molecule has 0 unspecified atom stereocenters. The zero-order valence-electron chi connectivity index (χ0n) is 22.6. The fourth-order valence-corrected chi connectivity index (χ4v) is 3.82. The van der Waals surface area contributed by atoms with E-state index < -0.39 is 17.5 Å². The largest absolute Gasteiger partial charge is 0.464 e. The molecule has 0 amide bonds. The van der Waals surface area contributed by atoms with Gasteiger partial charge in [-0.2, -0.15) is 0 Å². The lowest BCUT2D eigenvalue weighted by Crippen LogP contribution is -2.58. The first-order chi connectivity index (χ1) is 18.0. The van der Waals surface area contributed by atoms with Gasteiger partial charge in [0.2, 0.25) is 5.54 Å². The maximum atomic E-state index is 12.9. The van der Waals surface area contributed by atoms with E-state index in [2.05, 4.69) is 0 Å². The highest BCUT2D eigenvalue weighted by molar-refractivity contribution is 6.05. The molecular weight excluding hydrogens is 486 g/mol. The number of carbonyl (C=O) groups excluding carboxylic acids is 2. The van der Waals surface area contributed by atoms with Crippen molar-refractivity contribution in [3.05, 3.63) is 81.7 Å². The van der Waals surface area contributed by atoms with Crippen molar-refractivity contribution >= 4 is 22.9 Å². The molecule has 0 radical (unpaired) electrons. The first kappa shape index (κ1) is 29.1. The molecule has 0 aliphatic rings. The van der Waals surface area contributed by atoms with Crippen molar-refractivity contribution in [2.45, 2.75) is 59.1 Å². The second-order valence-corrected chi connectivity index (χ2v) is 10.6. The minimum absolute atomic E-state index is 0.0612. The summed E-state index contributed by atoms with van der Waals surface area (Å²) >= 11 is 0. The summed E-state index contributed by atoms with van der Waals surface area (Å²) in [6, 6.07) is 16.3. The van der Waals surface area contributed by atoms with E-state index in [0.717, 1.165) is 5.56 Å². The van der Waals surface area contributed by atoms with Gasteiger partial charge in [-0.25, -0.2) is 9.59 Å². The summed E-state index contributed by atoms with van der Waals surface area (Å²) in [6.07, 6.45) is 1.06. The van der Waals surface area contributed by atoms with E-state index in [-0.39, 0.29) is 30.5 Å². The van der Waals surface area contributed by atoms with Gasteiger partial charge < -0.3 is 24.4 Å². The van der Waals surface area contributed by atoms with Gasteiger partial charge >= 0.3 is 11.9 Å². The van der Waals surface area contributed by atoms with E-state index in [9.17, 15) is 14.4 Å². The third-order valence-corrected chi connectivity index (χ3v) is 5.79. The summed E-state index contributed by atoms with van der Waals surface area (Å²) in [5.41, 5.74) is 5.75. The highest BCUT2D eigenvalue weighted by Gasteiger charge is 2.46. The maximum absolute atomic E-state index is 12.9. The molecule has 0 fully saturated rings. The van der Waals surface area contributed by atoms with Crippen molar-refractivity contribution in [1.82, 2.24) is 0 Å². The lowest BCUT2D eigenvalue weighted by Gasteiger charge is -2.27. The number of nitrogens with two attached hydrogens (primary N) is 1. The van der Waals surface area contributed by atoms with E-state index in [1.807, 2.05) is 51.1 Å².